The number of ether oxygens (including phenoxy) is 1. The van der Waals surface area contributed by atoms with Gasteiger partial charge in [0.05, 0.1) is 0 Å². The van der Waals surface area contributed by atoms with E-state index in [0.29, 0.717) is 23.0 Å². The van der Waals surface area contributed by atoms with Crippen LogP contribution in [-0.4, -0.2) is 5.97 Å². The van der Waals surface area contributed by atoms with Gasteiger partial charge in [-0.25, -0.2) is 0 Å². The Hall–Kier alpha value is -1.83. The highest BCUT2D eigenvalue weighted by atomic mass is 16.5. The van der Waals surface area contributed by atoms with Crippen molar-refractivity contribution in [3.8, 4) is 5.75 Å². The van der Waals surface area contributed by atoms with E-state index in [9.17, 15) is 4.79 Å². The van der Waals surface area contributed by atoms with Crippen LogP contribution in [0.15, 0.2) is 36.4 Å². The van der Waals surface area contributed by atoms with Gasteiger partial charge in [0.1, 0.15) is 5.75 Å². The minimum atomic E-state index is -0.261. The Morgan fingerprint density at radius 2 is 2.23 bits per heavy atom. The number of carbonyl (C=O) groups excluding carboxylic acids is 1. The lowest BCUT2D eigenvalue weighted by Gasteiger charge is -2.47. The van der Waals surface area contributed by atoms with Crippen molar-refractivity contribution in [2.75, 3.05) is 0 Å². The summed E-state index contributed by atoms with van der Waals surface area (Å²) >= 11 is 0. The molecular weight excluding hydrogens is 272 g/mol. The number of benzene rings is 1. The first kappa shape index (κ1) is 13.8. The molecule has 0 bridgehead atoms. The zero-order chi connectivity index (χ0) is 15.3. The molecule has 22 heavy (non-hydrogen) atoms. The fourth-order valence-electron chi connectivity index (χ4n) is 4.79. The van der Waals surface area contributed by atoms with Crippen LogP contribution in [-0.2, 0) is 4.79 Å². The first-order valence-corrected chi connectivity index (χ1v) is 8.25. The molecule has 0 aliphatic heterocycles. The normalized spacial score (nSPS) is 34.7. The zero-order valence-corrected chi connectivity index (χ0v) is 13.2. The van der Waals surface area contributed by atoms with Crippen LogP contribution in [0.4, 0.5) is 0 Å². The SMILES string of the molecule is CC(=O)Oc1ccc2c(c1)C=C[C@@H]1[C@@H]2CC[C@]2(C)C=CC[C@@H]12. The minimum Gasteiger partial charge on any atom is -0.427 e. The summed E-state index contributed by atoms with van der Waals surface area (Å²) in [5.41, 5.74) is 3.03. The summed E-state index contributed by atoms with van der Waals surface area (Å²) in [4.78, 5) is 11.1. The van der Waals surface area contributed by atoms with Crippen LogP contribution in [0, 0.1) is 17.3 Å². The number of hydrogen-bond donors (Lipinski definition) is 0. The first-order chi connectivity index (χ1) is 10.6. The Kier molecular flexibility index (Phi) is 3.04. The van der Waals surface area contributed by atoms with Gasteiger partial charge in [-0.1, -0.05) is 37.3 Å². The maximum Gasteiger partial charge on any atom is 0.308 e. The van der Waals surface area contributed by atoms with Gasteiger partial charge in [0.15, 0.2) is 0 Å². The Labute approximate surface area is 131 Å². The summed E-state index contributed by atoms with van der Waals surface area (Å²) < 4.78 is 5.22. The summed E-state index contributed by atoms with van der Waals surface area (Å²) in [5, 5.41) is 0. The molecule has 2 heteroatoms. The monoisotopic (exact) mass is 294 g/mol. The van der Waals surface area contributed by atoms with Crippen LogP contribution >= 0.6 is 0 Å². The summed E-state index contributed by atoms with van der Waals surface area (Å²) in [5.74, 6) is 2.38. The lowest BCUT2D eigenvalue weighted by Crippen LogP contribution is -2.37. The summed E-state index contributed by atoms with van der Waals surface area (Å²) in [7, 11) is 0. The molecule has 1 saturated carbocycles. The van der Waals surface area contributed by atoms with E-state index in [1.165, 1.54) is 37.3 Å². The lowest BCUT2D eigenvalue weighted by molar-refractivity contribution is -0.131. The van der Waals surface area contributed by atoms with Gasteiger partial charge in [-0.2, -0.15) is 0 Å². The van der Waals surface area contributed by atoms with Crippen molar-refractivity contribution < 1.29 is 9.53 Å². The molecular formula is C20H22O2. The standard InChI is InChI=1S/C20H22O2/c1-13(21)22-15-6-8-16-14(12-15)5-7-18-17(16)9-11-20(2)10-3-4-19(18)20/h3,5-8,10,12,17-19H,4,9,11H2,1-2H3/t17-,18-,19+,20+/m1/s1. The third kappa shape index (κ3) is 2.05. The summed E-state index contributed by atoms with van der Waals surface area (Å²) in [6.45, 7) is 3.87. The molecule has 3 aliphatic carbocycles. The van der Waals surface area contributed by atoms with Crippen molar-refractivity contribution >= 4 is 12.0 Å². The van der Waals surface area contributed by atoms with E-state index in [0.717, 1.165) is 5.92 Å². The number of fused-ring (bicyclic) bond motifs is 5. The lowest BCUT2D eigenvalue weighted by atomic mass is 9.57. The van der Waals surface area contributed by atoms with Crippen LogP contribution in [0.25, 0.3) is 6.08 Å². The van der Waals surface area contributed by atoms with Crippen LogP contribution in [0.3, 0.4) is 0 Å². The highest BCUT2D eigenvalue weighted by molar-refractivity contribution is 5.70. The molecule has 0 amide bonds. The molecule has 114 valence electrons. The largest absolute Gasteiger partial charge is 0.427 e. The molecule has 3 aliphatic rings. The molecule has 0 spiro atoms. The zero-order valence-electron chi connectivity index (χ0n) is 13.2. The Bertz CT molecular complexity index is 685. The predicted octanol–water partition coefficient (Wildman–Crippen LogP) is 4.71. The molecule has 1 fully saturated rings. The molecule has 0 saturated heterocycles. The second-order valence-corrected chi connectivity index (χ2v) is 7.22. The van der Waals surface area contributed by atoms with Crippen LogP contribution in [0.5, 0.6) is 5.75 Å². The van der Waals surface area contributed by atoms with Crippen LogP contribution < -0.4 is 4.74 Å². The van der Waals surface area contributed by atoms with E-state index >= 15 is 0 Å². The van der Waals surface area contributed by atoms with Crippen molar-refractivity contribution in [2.45, 2.75) is 39.0 Å². The number of carbonyl (C=O) groups is 1. The van der Waals surface area contributed by atoms with Crippen LogP contribution in [0.2, 0.25) is 0 Å². The third-order valence-corrected chi connectivity index (χ3v) is 5.88. The molecule has 1 aromatic rings. The van der Waals surface area contributed by atoms with Gasteiger partial charge in [0.25, 0.3) is 0 Å². The smallest absolute Gasteiger partial charge is 0.308 e. The minimum absolute atomic E-state index is 0.261. The molecule has 0 aromatic heterocycles. The van der Waals surface area contributed by atoms with E-state index in [-0.39, 0.29) is 5.97 Å². The number of allylic oxidation sites excluding steroid dienone is 3. The van der Waals surface area contributed by atoms with Crippen molar-refractivity contribution in [3.63, 3.8) is 0 Å². The Morgan fingerprint density at radius 3 is 3.05 bits per heavy atom. The van der Waals surface area contributed by atoms with Gasteiger partial charge >= 0.3 is 5.97 Å². The third-order valence-electron chi connectivity index (χ3n) is 5.88. The molecule has 0 radical (unpaired) electrons. The molecule has 4 atom stereocenters. The van der Waals surface area contributed by atoms with E-state index in [4.69, 9.17) is 4.74 Å². The predicted molar refractivity (Wildman–Crippen MR) is 87.6 cm³/mol. The van der Waals surface area contributed by atoms with Crippen LogP contribution in [0.1, 0.15) is 50.2 Å². The number of esters is 1. The van der Waals surface area contributed by atoms with Gasteiger partial charge in [-0.05, 0) is 65.7 Å². The number of rotatable bonds is 1. The van der Waals surface area contributed by atoms with Gasteiger partial charge in [-0.3, -0.25) is 4.79 Å². The first-order valence-electron chi connectivity index (χ1n) is 8.25. The molecule has 0 N–H and O–H groups in total. The average Bonchev–Trinajstić information content (AvgIpc) is 2.88. The van der Waals surface area contributed by atoms with Crippen molar-refractivity contribution in [1.82, 2.24) is 0 Å². The Balaban J connectivity index is 1.67. The quantitative estimate of drug-likeness (QED) is 0.426. The van der Waals surface area contributed by atoms with E-state index < -0.39 is 0 Å². The fourth-order valence-corrected chi connectivity index (χ4v) is 4.79. The second kappa shape index (κ2) is 4.84. The summed E-state index contributed by atoms with van der Waals surface area (Å²) in [6, 6.07) is 6.11. The van der Waals surface area contributed by atoms with Gasteiger partial charge in [-0.15, -0.1) is 0 Å². The van der Waals surface area contributed by atoms with E-state index in [1.54, 1.807) is 0 Å². The van der Waals surface area contributed by atoms with Crippen molar-refractivity contribution in [1.29, 1.82) is 0 Å². The van der Waals surface area contributed by atoms with Gasteiger partial charge < -0.3 is 4.74 Å². The molecule has 1 aromatic carbocycles. The average molecular weight is 294 g/mol. The molecule has 0 heterocycles. The topological polar surface area (TPSA) is 26.3 Å². The highest BCUT2D eigenvalue weighted by Gasteiger charge is 2.47. The van der Waals surface area contributed by atoms with Crippen molar-refractivity contribution in [3.05, 3.63) is 47.6 Å². The molecule has 4 rings (SSSR count). The molecule has 0 unspecified atom stereocenters. The maximum absolute atomic E-state index is 11.1. The van der Waals surface area contributed by atoms with E-state index in [1.807, 2.05) is 12.1 Å². The van der Waals surface area contributed by atoms with Gasteiger partial charge in [0, 0.05) is 6.92 Å². The van der Waals surface area contributed by atoms with E-state index in [2.05, 4.69) is 37.3 Å². The molecule has 2 nitrogen and oxygen atoms in total. The second-order valence-electron chi connectivity index (χ2n) is 7.22. The fraction of sp³-hybridized carbons (Fsp3) is 0.450. The Morgan fingerprint density at radius 1 is 1.36 bits per heavy atom. The maximum atomic E-state index is 11.1. The summed E-state index contributed by atoms with van der Waals surface area (Å²) in [6.07, 6.45) is 13.2. The highest BCUT2D eigenvalue weighted by Crippen LogP contribution is 2.57. The van der Waals surface area contributed by atoms with Gasteiger partial charge in [0.2, 0.25) is 0 Å². The number of hydrogen-bond acceptors (Lipinski definition) is 2. The van der Waals surface area contributed by atoms with Crippen molar-refractivity contribution in [2.24, 2.45) is 17.3 Å².